The smallest absolute Gasteiger partial charge is 0.123 e. The maximum Gasteiger partial charge on any atom is 0.123 e. The molecular formula is C20H24FNO3. The predicted molar refractivity (Wildman–Crippen MR) is 94.7 cm³/mol. The van der Waals surface area contributed by atoms with Crippen molar-refractivity contribution in [1.29, 1.82) is 0 Å². The minimum Gasteiger partial charge on any atom is -0.497 e. The molecule has 1 atom stereocenters. The molecule has 0 bridgehead atoms. The molecule has 0 N–H and O–H groups in total. The first kappa shape index (κ1) is 17.7. The third kappa shape index (κ3) is 4.71. The minimum absolute atomic E-state index is 0.107. The highest BCUT2D eigenvalue weighted by atomic mass is 19.1. The molecule has 25 heavy (non-hydrogen) atoms. The number of hydrogen-bond acceptors (Lipinski definition) is 4. The minimum atomic E-state index is -0.208. The molecule has 1 aliphatic rings. The first-order valence-electron chi connectivity index (χ1n) is 8.47. The quantitative estimate of drug-likeness (QED) is 0.804. The zero-order valence-electron chi connectivity index (χ0n) is 14.7. The van der Waals surface area contributed by atoms with E-state index in [1.807, 2.05) is 30.3 Å². The predicted octanol–water partition coefficient (Wildman–Crippen LogP) is 3.29. The highest BCUT2D eigenvalue weighted by Gasteiger charge is 2.22. The topological polar surface area (TPSA) is 30.9 Å². The van der Waals surface area contributed by atoms with Gasteiger partial charge in [-0.25, -0.2) is 4.39 Å². The number of benzene rings is 2. The second kappa shape index (κ2) is 8.32. The van der Waals surface area contributed by atoms with E-state index in [-0.39, 0.29) is 11.9 Å². The third-order valence-corrected chi connectivity index (χ3v) is 4.48. The first-order valence-corrected chi connectivity index (χ1v) is 8.47. The van der Waals surface area contributed by atoms with Gasteiger partial charge in [0.15, 0.2) is 0 Å². The van der Waals surface area contributed by atoms with Crippen LogP contribution in [0, 0.1) is 5.82 Å². The molecule has 0 radical (unpaired) electrons. The highest BCUT2D eigenvalue weighted by Crippen LogP contribution is 2.26. The normalized spacial score (nSPS) is 18.1. The van der Waals surface area contributed by atoms with Gasteiger partial charge in [-0.2, -0.15) is 0 Å². The average molecular weight is 345 g/mol. The Kier molecular flexibility index (Phi) is 5.89. The molecular weight excluding hydrogens is 321 g/mol. The Bertz CT molecular complexity index is 690. The molecule has 0 aliphatic carbocycles. The molecule has 1 fully saturated rings. The molecule has 0 unspecified atom stereocenters. The van der Waals surface area contributed by atoms with Crippen LogP contribution in [0.25, 0.3) is 0 Å². The maximum atomic E-state index is 13.0. The number of rotatable bonds is 6. The van der Waals surface area contributed by atoms with Crippen molar-refractivity contribution in [3.63, 3.8) is 0 Å². The van der Waals surface area contributed by atoms with E-state index < -0.39 is 0 Å². The second-order valence-corrected chi connectivity index (χ2v) is 6.24. The van der Waals surface area contributed by atoms with E-state index in [2.05, 4.69) is 4.90 Å². The molecule has 2 aromatic rings. The number of morpholine rings is 1. The molecule has 1 saturated heterocycles. The van der Waals surface area contributed by atoms with Crippen LogP contribution in [0.2, 0.25) is 0 Å². The monoisotopic (exact) mass is 345 g/mol. The van der Waals surface area contributed by atoms with Crippen LogP contribution in [0.1, 0.15) is 11.1 Å². The summed E-state index contributed by atoms with van der Waals surface area (Å²) in [4.78, 5) is 2.36. The van der Waals surface area contributed by atoms with Crippen LogP contribution in [-0.4, -0.2) is 44.9 Å². The van der Waals surface area contributed by atoms with Crippen molar-refractivity contribution < 1.29 is 18.6 Å². The van der Waals surface area contributed by atoms with Crippen LogP contribution in [0.4, 0.5) is 4.39 Å². The van der Waals surface area contributed by atoms with E-state index in [1.165, 1.54) is 12.1 Å². The molecule has 0 amide bonds. The lowest BCUT2D eigenvalue weighted by molar-refractivity contribution is -0.0306. The summed E-state index contributed by atoms with van der Waals surface area (Å²) in [5.41, 5.74) is 2.19. The zero-order chi connectivity index (χ0) is 17.6. The van der Waals surface area contributed by atoms with Gasteiger partial charge in [-0.1, -0.05) is 12.1 Å². The van der Waals surface area contributed by atoms with E-state index in [4.69, 9.17) is 14.2 Å². The van der Waals surface area contributed by atoms with E-state index in [0.29, 0.717) is 6.61 Å². The van der Waals surface area contributed by atoms with Crippen LogP contribution < -0.4 is 9.47 Å². The van der Waals surface area contributed by atoms with E-state index >= 15 is 0 Å². The second-order valence-electron chi connectivity index (χ2n) is 6.24. The van der Waals surface area contributed by atoms with E-state index in [0.717, 1.165) is 48.7 Å². The molecule has 5 heteroatoms. The van der Waals surface area contributed by atoms with E-state index in [1.54, 1.807) is 14.2 Å². The lowest BCUT2D eigenvalue weighted by Gasteiger charge is -2.33. The molecule has 0 aromatic heterocycles. The van der Waals surface area contributed by atoms with E-state index in [9.17, 15) is 4.39 Å². The van der Waals surface area contributed by atoms with Gasteiger partial charge in [0, 0.05) is 25.2 Å². The Morgan fingerprint density at radius 1 is 1.12 bits per heavy atom. The molecule has 2 aromatic carbocycles. The fourth-order valence-corrected chi connectivity index (χ4v) is 3.18. The molecule has 1 aliphatic heterocycles. The van der Waals surface area contributed by atoms with Crippen molar-refractivity contribution >= 4 is 0 Å². The van der Waals surface area contributed by atoms with Gasteiger partial charge < -0.3 is 14.2 Å². The lowest BCUT2D eigenvalue weighted by atomic mass is 10.1. The Morgan fingerprint density at radius 2 is 1.92 bits per heavy atom. The van der Waals surface area contributed by atoms with Gasteiger partial charge in [-0.15, -0.1) is 0 Å². The summed E-state index contributed by atoms with van der Waals surface area (Å²) in [7, 11) is 3.35. The van der Waals surface area contributed by atoms with Gasteiger partial charge in [-0.05, 0) is 42.3 Å². The SMILES string of the molecule is COc1ccc(OC)c(CN2CCO[C@H](Cc3ccc(F)cc3)C2)c1. The zero-order valence-corrected chi connectivity index (χ0v) is 14.7. The Balaban J connectivity index is 1.64. The molecule has 3 rings (SSSR count). The van der Waals surface area contributed by atoms with Crippen molar-refractivity contribution in [2.24, 2.45) is 0 Å². The fourth-order valence-electron chi connectivity index (χ4n) is 3.18. The third-order valence-electron chi connectivity index (χ3n) is 4.48. The van der Waals surface area contributed by atoms with Crippen molar-refractivity contribution in [2.75, 3.05) is 33.9 Å². The van der Waals surface area contributed by atoms with Crippen molar-refractivity contribution in [2.45, 2.75) is 19.1 Å². The standard InChI is InChI=1S/C20H24FNO3/c1-23-18-7-8-20(24-2)16(12-18)13-22-9-10-25-19(14-22)11-15-3-5-17(21)6-4-15/h3-8,12,19H,9-11,13-14H2,1-2H3/t19-/m1/s1. The summed E-state index contributed by atoms with van der Waals surface area (Å²) < 4.78 is 29.7. The van der Waals surface area contributed by atoms with Gasteiger partial charge >= 0.3 is 0 Å². The Hall–Kier alpha value is -2.11. The van der Waals surface area contributed by atoms with Crippen LogP contribution in [0.5, 0.6) is 11.5 Å². The summed E-state index contributed by atoms with van der Waals surface area (Å²) in [6.45, 7) is 3.18. The van der Waals surface area contributed by atoms with Gasteiger partial charge in [0.1, 0.15) is 17.3 Å². The molecule has 0 spiro atoms. The molecule has 4 nitrogen and oxygen atoms in total. The average Bonchev–Trinajstić information content (AvgIpc) is 2.64. The van der Waals surface area contributed by atoms with Crippen LogP contribution >= 0.6 is 0 Å². The Labute approximate surface area is 148 Å². The summed E-state index contributed by atoms with van der Waals surface area (Å²) in [5.74, 6) is 1.48. The summed E-state index contributed by atoms with van der Waals surface area (Å²) in [6, 6.07) is 12.5. The van der Waals surface area contributed by atoms with Crippen molar-refractivity contribution in [3.8, 4) is 11.5 Å². The number of ether oxygens (including phenoxy) is 3. The summed E-state index contributed by atoms with van der Waals surface area (Å²) >= 11 is 0. The van der Waals surface area contributed by atoms with Crippen LogP contribution in [0.3, 0.4) is 0 Å². The van der Waals surface area contributed by atoms with Crippen molar-refractivity contribution in [1.82, 2.24) is 4.90 Å². The first-order chi connectivity index (χ1) is 12.2. The number of halogens is 1. The molecule has 0 saturated carbocycles. The fraction of sp³-hybridized carbons (Fsp3) is 0.400. The van der Waals surface area contributed by atoms with Gasteiger partial charge in [0.05, 0.1) is 26.9 Å². The molecule has 1 heterocycles. The van der Waals surface area contributed by atoms with Crippen LogP contribution in [0.15, 0.2) is 42.5 Å². The number of nitrogens with zero attached hydrogens (tertiary/aromatic N) is 1. The van der Waals surface area contributed by atoms with Gasteiger partial charge in [0.2, 0.25) is 0 Å². The summed E-state index contributed by atoms with van der Waals surface area (Å²) in [6.07, 6.45) is 0.891. The number of hydrogen-bond donors (Lipinski definition) is 0. The largest absolute Gasteiger partial charge is 0.497 e. The van der Waals surface area contributed by atoms with Gasteiger partial charge in [0.25, 0.3) is 0 Å². The maximum absolute atomic E-state index is 13.0. The van der Waals surface area contributed by atoms with Gasteiger partial charge in [-0.3, -0.25) is 4.90 Å². The van der Waals surface area contributed by atoms with Crippen LogP contribution in [-0.2, 0) is 17.7 Å². The summed E-state index contributed by atoms with van der Waals surface area (Å²) in [5, 5.41) is 0. The Morgan fingerprint density at radius 3 is 2.64 bits per heavy atom. The number of methoxy groups -OCH3 is 2. The molecule has 134 valence electrons. The van der Waals surface area contributed by atoms with Crippen molar-refractivity contribution in [3.05, 3.63) is 59.4 Å². The lowest BCUT2D eigenvalue weighted by Crippen LogP contribution is -2.42. The highest BCUT2D eigenvalue weighted by molar-refractivity contribution is 5.40.